The number of benzene rings is 2. The Balaban J connectivity index is 1.46. The number of rotatable bonds is 7. The number of carbonyl (C=O) groups is 2. The summed E-state index contributed by atoms with van der Waals surface area (Å²) in [4.78, 5) is 30.6. The predicted octanol–water partition coefficient (Wildman–Crippen LogP) is 4.23. The largest absolute Gasteiger partial charge is 0.487 e. The number of hydrogen-bond acceptors (Lipinski definition) is 6. The number of carbonyl (C=O) groups excluding carboxylic acids is 2. The number of anilines is 2. The van der Waals surface area contributed by atoms with Gasteiger partial charge in [-0.2, -0.15) is 5.10 Å². The van der Waals surface area contributed by atoms with Gasteiger partial charge in [-0.15, -0.1) is 8.78 Å². The number of hydrogen-bond donors (Lipinski definition) is 3. The van der Waals surface area contributed by atoms with E-state index in [9.17, 15) is 23.5 Å². The first-order valence-electron chi connectivity index (χ1n) is 12.6. The van der Waals surface area contributed by atoms with Crippen LogP contribution in [-0.4, -0.2) is 68.9 Å². The van der Waals surface area contributed by atoms with Crippen molar-refractivity contribution in [3.63, 3.8) is 0 Å². The van der Waals surface area contributed by atoms with Crippen LogP contribution in [0.3, 0.4) is 0 Å². The van der Waals surface area contributed by atoms with E-state index in [1.54, 1.807) is 29.3 Å². The number of aliphatic hydroxyl groups is 1. The summed E-state index contributed by atoms with van der Waals surface area (Å²) in [5.74, 6) is -0.617. The Labute approximate surface area is 228 Å². The number of fused-ring (bicyclic) bond motifs is 1. The third kappa shape index (κ3) is 5.69. The van der Waals surface area contributed by atoms with Crippen molar-refractivity contribution in [2.75, 3.05) is 23.3 Å². The Morgan fingerprint density at radius 1 is 1.23 bits per heavy atom. The van der Waals surface area contributed by atoms with Gasteiger partial charge in [0.25, 0.3) is 5.91 Å². The number of nitrogens with one attached hydrogen (secondary N) is 2. The highest BCUT2D eigenvalue weighted by atomic mass is 35.5. The van der Waals surface area contributed by atoms with E-state index in [2.05, 4.69) is 25.2 Å². The highest BCUT2D eigenvalue weighted by molar-refractivity contribution is 6.20. The number of aromatic amines is 1. The number of likely N-dealkylation sites (tertiary alicyclic amines) is 1. The standard InChI is InChI=1S/C27H28ClF2N5O4/c1-15(2)35-23(26(38)34-10-8-19(36)14-34)13-16-11-17(12-21(24(16)35)22-7-9-31-33-22)25(37)32-18-3-5-20(6-4-18)39-27(28,29)30/h3-7,9,11-12,15,19,23,36H,8,10,13-14H2,1-2H3,(H,31,33)(H,32,37)/t19-,23?/m1/s1. The molecule has 9 nitrogen and oxygen atoms in total. The number of ether oxygens (including phenoxy) is 1. The van der Waals surface area contributed by atoms with Gasteiger partial charge in [-0.25, -0.2) is 0 Å². The molecule has 0 saturated carbocycles. The molecule has 0 aliphatic carbocycles. The van der Waals surface area contributed by atoms with E-state index in [0.29, 0.717) is 42.9 Å². The van der Waals surface area contributed by atoms with Crippen molar-refractivity contribution in [2.45, 2.75) is 50.4 Å². The van der Waals surface area contributed by atoms with Gasteiger partial charge in [-0.05, 0) is 68.3 Å². The second-order valence-corrected chi connectivity index (χ2v) is 10.4. The molecule has 0 radical (unpaired) electrons. The van der Waals surface area contributed by atoms with E-state index in [0.717, 1.165) is 16.8 Å². The average molecular weight is 560 g/mol. The number of H-pyrrole nitrogens is 1. The Bertz CT molecular complexity index is 1360. The molecule has 5 rings (SSSR count). The molecule has 2 aliphatic heterocycles. The van der Waals surface area contributed by atoms with E-state index in [1.165, 1.54) is 24.3 Å². The van der Waals surface area contributed by atoms with Crippen molar-refractivity contribution in [1.29, 1.82) is 0 Å². The predicted molar refractivity (Wildman–Crippen MR) is 142 cm³/mol. The summed E-state index contributed by atoms with van der Waals surface area (Å²) in [7, 11) is 0. The van der Waals surface area contributed by atoms with Gasteiger partial charge in [0.2, 0.25) is 5.91 Å². The molecule has 2 aliphatic rings. The van der Waals surface area contributed by atoms with Crippen LogP contribution in [0.2, 0.25) is 0 Å². The Morgan fingerprint density at radius 2 is 1.97 bits per heavy atom. The first-order valence-corrected chi connectivity index (χ1v) is 13.0. The fourth-order valence-corrected chi connectivity index (χ4v) is 5.37. The third-order valence-electron chi connectivity index (χ3n) is 6.91. The van der Waals surface area contributed by atoms with Crippen LogP contribution in [0.1, 0.15) is 36.2 Å². The smallest absolute Gasteiger partial charge is 0.420 e. The lowest BCUT2D eigenvalue weighted by atomic mass is 9.99. The van der Waals surface area contributed by atoms with Crippen molar-refractivity contribution in [1.82, 2.24) is 15.1 Å². The maximum atomic E-state index is 13.6. The fourth-order valence-electron chi connectivity index (χ4n) is 5.28. The summed E-state index contributed by atoms with van der Waals surface area (Å²) < 4.78 is 30.1. The van der Waals surface area contributed by atoms with Gasteiger partial charge in [0.05, 0.1) is 17.5 Å². The minimum Gasteiger partial charge on any atom is -0.420 e. The van der Waals surface area contributed by atoms with Gasteiger partial charge in [-0.1, -0.05) is 0 Å². The van der Waals surface area contributed by atoms with E-state index in [-0.39, 0.29) is 17.7 Å². The van der Waals surface area contributed by atoms with Gasteiger partial charge in [0.15, 0.2) is 0 Å². The number of aromatic nitrogens is 2. The molecule has 3 aromatic rings. The van der Waals surface area contributed by atoms with Gasteiger partial charge >= 0.3 is 5.57 Å². The zero-order valence-corrected chi connectivity index (χ0v) is 22.1. The molecule has 3 N–H and O–H groups in total. The van der Waals surface area contributed by atoms with Crippen LogP contribution in [0.15, 0.2) is 48.7 Å². The van der Waals surface area contributed by atoms with Crippen LogP contribution >= 0.6 is 11.6 Å². The van der Waals surface area contributed by atoms with Gasteiger partial charge in [0.1, 0.15) is 11.8 Å². The van der Waals surface area contributed by atoms with Crippen molar-refractivity contribution < 1.29 is 28.2 Å². The summed E-state index contributed by atoms with van der Waals surface area (Å²) in [6.07, 6.45) is 2.05. The molecule has 39 heavy (non-hydrogen) atoms. The summed E-state index contributed by atoms with van der Waals surface area (Å²) in [5, 5.41) is 19.8. The van der Waals surface area contributed by atoms with E-state index in [1.807, 2.05) is 13.8 Å². The van der Waals surface area contributed by atoms with Crippen LogP contribution in [0, 0.1) is 0 Å². The van der Waals surface area contributed by atoms with Crippen LogP contribution in [-0.2, 0) is 11.2 Å². The van der Waals surface area contributed by atoms with Crippen molar-refractivity contribution in [3.05, 3.63) is 59.8 Å². The summed E-state index contributed by atoms with van der Waals surface area (Å²) in [6, 6.07) is 10.2. The Morgan fingerprint density at radius 3 is 2.56 bits per heavy atom. The van der Waals surface area contributed by atoms with Crippen LogP contribution in [0.5, 0.6) is 5.75 Å². The molecule has 0 bridgehead atoms. The van der Waals surface area contributed by atoms with Crippen LogP contribution < -0.4 is 15.0 Å². The molecule has 2 aromatic carbocycles. The average Bonchev–Trinajstić information content (AvgIpc) is 3.63. The van der Waals surface area contributed by atoms with Crippen molar-refractivity contribution in [3.8, 4) is 17.0 Å². The molecule has 1 unspecified atom stereocenters. The molecule has 1 aromatic heterocycles. The third-order valence-corrected chi connectivity index (χ3v) is 6.99. The zero-order valence-electron chi connectivity index (χ0n) is 21.3. The maximum absolute atomic E-state index is 13.6. The molecule has 2 atom stereocenters. The molecule has 12 heteroatoms. The molecule has 3 heterocycles. The highest BCUT2D eigenvalue weighted by Crippen LogP contribution is 2.43. The Hall–Kier alpha value is -3.70. The zero-order chi connectivity index (χ0) is 27.9. The van der Waals surface area contributed by atoms with Gasteiger partial charge in [0, 0.05) is 60.2 Å². The lowest BCUT2D eigenvalue weighted by Gasteiger charge is -2.34. The Kier molecular flexibility index (Phi) is 7.21. The normalized spacial score (nSPS) is 18.9. The second-order valence-electron chi connectivity index (χ2n) is 9.98. The summed E-state index contributed by atoms with van der Waals surface area (Å²) in [6.45, 7) is 4.84. The molecule has 206 valence electrons. The monoisotopic (exact) mass is 559 g/mol. The van der Waals surface area contributed by atoms with E-state index < -0.39 is 23.6 Å². The second kappa shape index (κ2) is 10.5. The lowest BCUT2D eigenvalue weighted by molar-refractivity contribution is -0.131. The first-order chi connectivity index (χ1) is 18.5. The minimum atomic E-state index is -3.84. The molecule has 0 spiro atoms. The topological polar surface area (TPSA) is 111 Å². The molecular weight excluding hydrogens is 532 g/mol. The first kappa shape index (κ1) is 26.9. The number of alkyl halides is 3. The van der Waals surface area contributed by atoms with Crippen molar-refractivity contribution >= 4 is 34.8 Å². The highest BCUT2D eigenvalue weighted by Gasteiger charge is 2.41. The summed E-state index contributed by atoms with van der Waals surface area (Å²) >= 11 is 4.81. The maximum Gasteiger partial charge on any atom is 0.487 e. The number of aliphatic hydroxyl groups excluding tert-OH is 1. The fraction of sp³-hybridized carbons (Fsp3) is 0.370. The van der Waals surface area contributed by atoms with E-state index in [4.69, 9.17) is 11.6 Å². The van der Waals surface area contributed by atoms with Crippen molar-refractivity contribution in [2.24, 2.45) is 0 Å². The minimum absolute atomic E-state index is 0.0184. The summed E-state index contributed by atoms with van der Waals surface area (Å²) in [5.41, 5.74) is 0.0151. The van der Waals surface area contributed by atoms with Gasteiger partial charge < -0.3 is 25.0 Å². The number of β-amino-alcohol motifs (C(OH)–C–C–N with tert-alkyl or cyclic N) is 1. The molecule has 2 amide bonds. The quantitative estimate of drug-likeness (QED) is 0.374. The van der Waals surface area contributed by atoms with Crippen LogP contribution in [0.4, 0.5) is 20.2 Å². The molecular formula is C27H28ClF2N5O4. The SMILES string of the molecule is CC(C)N1c2c(cc(C(=O)Nc3ccc(OC(F)(F)Cl)cc3)cc2-c2ccn[nH]2)CC1C(=O)N1CC[C@@H](O)C1. The number of halogens is 3. The molecule has 1 saturated heterocycles. The number of amides is 2. The lowest BCUT2D eigenvalue weighted by Crippen LogP contribution is -2.49. The van der Waals surface area contributed by atoms with Crippen LogP contribution in [0.25, 0.3) is 11.3 Å². The van der Waals surface area contributed by atoms with Gasteiger partial charge in [-0.3, -0.25) is 14.7 Å². The molecule has 1 fully saturated rings. The van der Waals surface area contributed by atoms with E-state index >= 15 is 0 Å². The number of nitrogens with zero attached hydrogens (tertiary/aromatic N) is 3.